The lowest BCUT2D eigenvalue weighted by Gasteiger charge is -2.35. The number of hydrogen-bond acceptors (Lipinski definition) is 5. The van der Waals surface area contributed by atoms with Crippen LogP contribution in [0.15, 0.2) is 65.4 Å². The number of rotatable bonds is 4. The molecule has 0 amide bonds. The van der Waals surface area contributed by atoms with Crippen LogP contribution in [0.1, 0.15) is 5.56 Å². The smallest absolute Gasteiger partial charge is 0.161 e. The van der Waals surface area contributed by atoms with E-state index in [4.69, 9.17) is 9.47 Å². The molecule has 0 saturated heterocycles. The standard InChI is InChI=1S/C20H18FN3O2/c1-25-18-8-3-14(13-19(18)26-2)17-9-11-22-20-10-12-23(24(17)20)16-6-4-15(21)5-7-16/h3-11,13H,12H2,1-2H3. The zero-order chi connectivity index (χ0) is 18.1. The van der Waals surface area contributed by atoms with Crippen LogP contribution in [0.25, 0.3) is 5.70 Å². The van der Waals surface area contributed by atoms with Crippen molar-refractivity contribution in [3.8, 4) is 11.5 Å². The second-order valence-electron chi connectivity index (χ2n) is 5.83. The van der Waals surface area contributed by atoms with Gasteiger partial charge in [0.25, 0.3) is 0 Å². The Bertz CT molecular complexity index is 919. The van der Waals surface area contributed by atoms with Gasteiger partial charge < -0.3 is 9.47 Å². The van der Waals surface area contributed by atoms with Crippen LogP contribution in [0.5, 0.6) is 11.5 Å². The molecule has 2 aromatic carbocycles. The first-order chi connectivity index (χ1) is 12.7. The molecule has 0 N–H and O–H groups in total. The molecule has 0 spiro atoms. The topological polar surface area (TPSA) is 37.3 Å². The Morgan fingerprint density at radius 1 is 1.00 bits per heavy atom. The summed E-state index contributed by atoms with van der Waals surface area (Å²) in [7, 11) is 3.23. The molecule has 0 bridgehead atoms. The van der Waals surface area contributed by atoms with E-state index in [1.807, 2.05) is 40.4 Å². The third kappa shape index (κ3) is 2.69. The third-order valence-electron chi connectivity index (χ3n) is 4.38. The minimum Gasteiger partial charge on any atom is -0.493 e. The molecular weight excluding hydrogens is 333 g/mol. The maximum absolute atomic E-state index is 13.3. The molecule has 2 aliphatic rings. The molecule has 0 unspecified atom stereocenters. The summed E-state index contributed by atoms with van der Waals surface area (Å²) in [5.74, 6) is 1.91. The van der Waals surface area contributed by atoms with Gasteiger partial charge in [0, 0.05) is 11.8 Å². The van der Waals surface area contributed by atoms with Crippen LogP contribution in [0.2, 0.25) is 0 Å². The number of allylic oxidation sites excluding steroid dienone is 1. The molecule has 132 valence electrons. The molecule has 5 nitrogen and oxygen atoms in total. The predicted molar refractivity (Wildman–Crippen MR) is 99.7 cm³/mol. The van der Waals surface area contributed by atoms with Crippen LogP contribution in [0, 0.1) is 5.82 Å². The molecule has 0 aromatic heterocycles. The van der Waals surface area contributed by atoms with Gasteiger partial charge in [0.15, 0.2) is 11.5 Å². The summed E-state index contributed by atoms with van der Waals surface area (Å²) in [4.78, 5) is 4.45. The second kappa shape index (κ2) is 6.55. The Hall–Kier alpha value is -3.28. The van der Waals surface area contributed by atoms with Crippen LogP contribution in [0.4, 0.5) is 10.1 Å². The van der Waals surface area contributed by atoms with Crippen molar-refractivity contribution >= 4 is 17.6 Å². The van der Waals surface area contributed by atoms with Crippen molar-refractivity contribution in [1.29, 1.82) is 0 Å². The average Bonchev–Trinajstić information content (AvgIpc) is 3.12. The van der Waals surface area contributed by atoms with Crippen molar-refractivity contribution in [2.75, 3.05) is 25.8 Å². The van der Waals surface area contributed by atoms with Crippen molar-refractivity contribution in [2.45, 2.75) is 0 Å². The van der Waals surface area contributed by atoms with Gasteiger partial charge in [-0.15, -0.1) is 0 Å². The maximum Gasteiger partial charge on any atom is 0.161 e. The van der Waals surface area contributed by atoms with Gasteiger partial charge in [0.2, 0.25) is 0 Å². The second-order valence-corrected chi connectivity index (χ2v) is 5.83. The number of ether oxygens (including phenoxy) is 2. The molecule has 2 aliphatic heterocycles. The fourth-order valence-corrected chi connectivity index (χ4v) is 3.12. The number of fused-ring (bicyclic) bond motifs is 1. The summed E-state index contributed by atoms with van der Waals surface area (Å²) in [6.45, 7) is 0.656. The summed E-state index contributed by atoms with van der Waals surface area (Å²) in [5, 5.41) is 4.07. The van der Waals surface area contributed by atoms with Crippen LogP contribution in [-0.4, -0.2) is 32.0 Å². The highest BCUT2D eigenvalue weighted by atomic mass is 19.1. The van der Waals surface area contributed by atoms with Crippen LogP contribution < -0.4 is 14.5 Å². The van der Waals surface area contributed by atoms with Crippen molar-refractivity contribution in [3.63, 3.8) is 0 Å². The van der Waals surface area contributed by atoms with E-state index in [1.165, 1.54) is 12.1 Å². The molecular formula is C20H18FN3O2. The van der Waals surface area contributed by atoms with E-state index in [2.05, 4.69) is 4.99 Å². The van der Waals surface area contributed by atoms with Crippen molar-refractivity contribution in [3.05, 3.63) is 71.8 Å². The molecule has 26 heavy (non-hydrogen) atoms. The molecule has 0 radical (unpaired) electrons. The lowest BCUT2D eigenvalue weighted by molar-refractivity contribution is 0.354. The first kappa shape index (κ1) is 16.2. The average molecular weight is 351 g/mol. The number of methoxy groups -OCH3 is 2. The lowest BCUT2D eigenvalue weighted by Crippen LogP contribution is -2.37. The summed E-state index contributed by atoms with van der Waals surface area (Å²) in [6.07, 6.45) is 5.76. The van der Waals surface area contributed by atoms with Crippen molar-refractivity contribution in [1.82, 2.24) is 5.01 Å². The highest BCUT2D eigenvalue weighted by Crippen LogP contribution is 2.38. The first-order valence-corrected chi connectivity index (χ1v) is 8.21. The third-order valence-corrected chi connectivity index (χ3v) is 4.38. The number of aliphatic imine (C=N–C) groups is 1. The van der Waals surface area contributed by atoms with Gasteiger partial charge in [-0.1, -0.05) is 0 Å². The van der Waals surface area contributed by atoms with E-state index in [0.29, 0.717) is 18.0 Å². The van der Waals surface area contributed by atoms with E-state index in [1.54, 1.807) is 32.6 Å². The number of hydrogen-bond donors (Lipinski definition) is 0. The summed E-state index contributed by atoms with van der Waals surface area (Å²) >= 11 is 0. The van der Waals surface area contributed by atoms with Crippen molar-refractivity contribution in [2.24, 2.45) is 4.99 Å². The minimum atomic E-state index is -0.256. The van der Waals surface area contributed by atoms with Gasteiger partial charge in [-0.2, -0.15) is 0 Å². The number of anilines is 1. The molecule has 2 heterocycles. The van der Waals surface area contributed by atoms with E-state index >= 15 is 0 Å². The van der Waals surface area contributed by atoms with E-state index in [-0.39, 0.29) is 5.82 Å². The Balaban J connectivity index is 1.73. The number of halogens is 1. The number of hydrazine groups is 1. The van der Waals surface area contributed by atoms with E-state index < -0.39 is 0 Å². The quantitative estimate of drug-likeness (QED) is 0.839. The van der Waals surface area contributed by atoms with Gasteiger partial charge in [-0.25, -0.2) is 14.4 Å². The normalized spacial score (nSPS) is 15.5. The highest BCUT2D eigenvalue weighted by Gasteiger charge is 2.30. The molecule has 0 atom stereocenters. The lowest BCUT2D eigenvalue weighted by atomic mass is 10.1. The number of nitrogens with zero attached hydrogens (tertiary/aromatic N) is 3. The van der Waals surface area contributed by atoms with Crippen LogP contribution in [0.3, 0.4) is 0 Å². The Labute approximate surface area is 151 Å². The molecule has 0 fully saturated rings. The molecule has 0 aliphatic carbocycles. The largest absolute Gasteiger partial charge is 0.493 e. The highest BCUT2D eigenvalue weighted by molar-refractivity contribution is 5.88. The van der Waals surface area contributed by atoms with E-state index in [9.17, 15) is 4.39 Å². The molecule has 6 heteroatoms. The fourth-order valence-electron chi connectivity index (χ4n) is 3.12. The summed E-state index contributed by atoms with van der Waals surface area (Å²) in [6, 6.07) is 12.2. The van der Waals surface area contributed by atoms with E-state index in [0.717, 1.165) is 22.8 Å². The zero-order valence-corrected chi connectivity index (χ0v) is 14.5. The molecule has 0 saturated carbocycles. The summed E-state index contributed by atoms with van der Waals surface area (Å²) in [5.41, 5.74) is 2.81. The van der Waals surface area contributed by atoms with Crippen LogP contribution in [-0.2, 0) is 0 Å². The maximum atomic E-state index is 13.3. The Kier molecular flexibility index (Phi) is 4.08. The Morgan fingerprint density at radius 3 is 2.50 bits per heavy atom. The zero-order valence-electron chi connectivity index (χ0n) is 14.5. The van der Waals surface area contributed by atoms with Gasteiger partial charge in [-0.05, 0) is 54.6 Å². The first-order valence-electron chi connectivity index (χ1n) is 8.21. The van der Waals surface area contributed by atoms with Gasteiger partial charge in [-0.3, -0.25) is 5.01 Å². The predicted octanol–water partition coefficient (Wildman–Crippen LogP) is 3.85. The minimum absolute atomic E-state index is 0.256. The Morgan fingerprint density at radius 2 is 1.77 bits per heavy atom. The van der Waals surface area contributed by atoms with Gasteiger partial charge in [0.05, 0.1) is 32.1 Å². The summed E-state index contributed by atoms with van der Waals surface area (Å²) < 4.78 is 24.1. The van der Waals surface area contributed by atoms with Crippen LogP contribution >= 0.6 is 0 Å². The number of benzene rings is 2. The SMILES string of the molecule is COc1ccc(C2=CC=NC3=CCN(c4ccc(F)cc4)N32)cc1OC. The molecule has 2 aromatic rings. The van der Waals surface area contributed by atoms with Crippen molar-refractivity contribution < 1.29 is 13.9 Å². The monoisotopic (exact) mass is 351 g/mol. The van der Waals surface area contributed by atoms with Gasteiger partial charge >= 0.3 is 0 Å². The molecule has 4 rings (SSSR count). The fraction of sp³-hybridized carbons (Fsp3) is 0.150. The van der Waals surface area contributed by atoms with Gasteiger partial charge in [0.1, 0.15) is 11.6 Å².